The van der Waals surface area contributed by atoms with Gasteiger partial charge in [0.15, 0.2) is 0 Å². The summed E-state index contributed by atoms with van der Waals surface area (Å²) in [5, 5.41) is 3.31. The normalized spacial score (nSPS) is 18.0. The molecular formula is C17H24ClF3N2O. The smallest absolute Gasteiger partial charge is 0.404 e. The Hall–Kier alpha value is -0.980. The molecule has 0 amide bonds. The summed E-state index contributed by atoms with van der Waals surface area (Å²) in [4.78, 5) is 2.37. The second kappa shape index (κ2) is 8.41. The summed E-state index contributed by atoms with van der Waals surface area (Å²) in [7, 11) is 0. The second-order valence-electron chi connectivity index (χ2n) is 6.51. The molecule has 0 aliphatic carbocycles. The third-order valence-corrected chi connectivity index (χ3v) is 4.47. The Morgan fingerprint density at radius 1 is 1.21 bits per heavy atom. The average Bonchev–Trinajstić information content (AvgIpc) is 2.49. The standard InChI is InChI=1S/C17H24ClF3N2O/c1-12(2)3-5-15(23-9-7-22-8-10-23)13-4-6-16(14(18)11-13)24-17(19,20)21/h4,6,11-12,15,22H,3,5,7-10H2,1-2H3/t15-/m1/s1. The van der Waals surface area contributed by atoms with Gasteiger partial charge in [-0.1, -0.05) is 31.5 Å². The number of nitrogens with one attached hydrogen (secondary N) is 1. The van der Waals surface area contributed by atoms with Crippen LogP contribution in [0.3, 0.4) is 0 Å². The van der Waals surface area contributed by atoms with Gasteiger partial charge >= 0.3 is 6.36 Å². The van der Waals surface area contributed by atoms with E-state index in [0.29, 0.717) is 5.92 Å². The number of nitrogens with zero attached hydrogens (tertiary/aromatic N) is 1. The minimum atomic E-state index is -4.74. The number of alkyl halides is 3. The van der Waals surface area contributed by atoms with Crippen molar-refractivity contribution in [2.75, 3.05) is 26.2 Å². The maximum Gasteiger partial charge on any atom is 0.573 e. The van der Waals surface area contributed by atoms with Crippen LogP contribution in [-0.2, 0) is 0 Å². The lowest BCUT2D eigenvalue weighted by Crippen LogP contribution is -2.45. The number of hydrogen-bond acceptors (Lipinski definition) is 3. The Morgan fingerprint density at radius 3 is 2.42 bits per heavy atom. The molecule has 1 heterocycles. The number of hydrogen-bond donors (Lipinski definition) is 1. The fourth-order valence-electron chi connectivity index (χ4n) is 2.98. The molecule has 0 bridgehead atoms. The van der Waals surface area contributed by atoms with E-state index in [1.54, 1.807) is 12.1 Å². The monoisotopic (exact) mass is 364 g/mol. The molecule has 1 fully saturated rings. The van der Waals surface area contributed by atoms with E-state index in [1.165, 1.54) is 6.07 Å². The summed E-state index contributed by atoms with van der Waals surface area (Å²) in [5.74, 6) is 0.217. The van der Waals surface area contributed by atoms with Crippen molar-refractivity contribution in [3.05, 3.63) is 28.8 Å². The van der Waals surface area contributed by atoms with E-state index in [-0.39, 0.29) is 16.8 Å². The third kappa shape index (κ3) is 5.83. The van der Waals surface area contributed by atoms with Crippen molar-refractivity contribution in [3.8, 4) is 5.75 Å². The van der Waals surface area contributed by atoms with E-state index >= 15 is 0 Å². The van der Waals surface area contributed by atoms with E-state index in [1.807, 2.05) is 0 Å². The van der Waals surface area contributed by atoms with Gasteiger partial charge in [0.05, 0.1) is 5.02 Å². The molecule has 2 rings (SSSR count). The van der Waals surface area contributed by atoms with Crippen LogP contribution in [0.2, 0.25) is 5.02 Å². The average molecular weight is 365 g/mol. The molecule has 1 atom stereocenters. The highest BCUT2D eigenvalue weighted by Gasteiger charge is 2.32. The minimum absolute atomic E-state index is 0.00509. The molecule has 3 nitrogen and oxygen atoms in total. The van der Waals surface area contributed by atoms with Gasteiger partial charge in [-0.2, -0.15) is 0 Å². The van der Waals surface area contributed by atoms with Crippen LogP contribution in [0.15, 0.2) is 18.2 Å². The van der Waals surface area contributed by atoms with Crippen LogP contribution in [0.5, 0.6) is 5.75 Å². The first-order valence-electron chi connectivity index (χ1n) is 8.26. The van der Waals surface area contributed by atoms with Crippen LogP contribution < -0.4 is 10.1 Å². The summed E-state index contributed by atoms with van der Waals surface area (Å²) in [6, 6.07) is 4.78. The van der Waals surface area contributed by atoms with Gasteiger partial charge in [0.2, 0.25) is 0 Å². The van der Waals surface area contributed by atoms with Gasteiger partial charge in [0.1, 0.15) is 5.75 Å². The highest BCUT2D eigenvalue weighted by atomic mass is 35.5. The van der Waals surface area contributed by atoms with Crippen LogP contribution >= 0.6 is 11.6 Å². The molecule has 1 aromatic carbocycles. The quantitative estimate of drug-likeness (QED) is 0.797. The zero-order chi connectivity index (χ0) is 17.7. The van der Waals surface area contributed by atoms with Crippen LogP contribution in [0.4, 0.5) is 13.2 Å². The molecule has 1 aliphatic rings. The number of rotatable bonds is 6. The molecule has 7 heteroatoms. The van der Waals surface area contributed by atoms with Crippen LogP contribution in [0.25, 0.3) is 0 Å². The van der Waals surface area contributed by atoms with E-state index < -0.39 is 6.36 Å². The first-order valence-corrected chi connectivity index (χ1v) is 8.64. The second-order valence-corrected chi connectivity index (χ2v) is 6.92. The Labute approximate surface area is 146 Å². The Balaban J connectivity index is 2.19. The first kappa shape index (κ1) is 19.3. The molecule has 0 radical (unpaired) electrons. The summed E-state index contributed by atoms with van der Waals surface area (Å²) < 4.78 is 41.1. The largest absolute Gasteiger partial charge is 0.573 e. The lowest BCUT2D eigenvalue weighted by atomic mass is 9.95. The predicted molar refractivity (Wildman–Crippen MR) is 89.4 cm³/mol. The summed E-state index contributed by atoms with van der Waals surface area (Å²) in [5.41, 5.74) is 0.942. The summed E-state index contributed by atoms with van der Waals surface area (Å²) >= 11 is 6.03. The predicted octanol–water partition coefficient (Wildman–Crippen LogP) is 4.62. The lowest BCUT2D eigenvalue weighted by molar-refractivity contribution is -0.274. The van der Waals surface area contributed by atoms with Crippen LogP contribution in [0.1, 0.15) is 38.3 Å². The van der Waals surface area contributed by atoms with E-state index in [0.717, 1.165) is 44.6 Å². The molecule has 0 spiro atoms. The maximum absolute atomic E-state index is 12.4. The zero-order valence-corrected chi connectivity index (χ0v) is 14.8. The summed E-state index contributed by atoms with van der Waals surface area (Å²) in [6.07, 6.45) is -2.73. The van der Waals surface area contributed by atoms with Gasteiger partial charge in [0, 0.05) is 32.2 Å². The van der Waals surface area contributed by atoms with Crippen molar-refractivity contribution < 1.29 is 17.9 Å². The highest BCUT2D eigenvalue weighted by Crippen LogP contribution is 2.35. The Kier molecular flexibility index (Phi) is 6.78. The number of ether oxygens (including phenoxy) is 1. The number of piperazine rings is 1. The molecule has 1 N–H and O–H groups in total. The topological polar surface area (TPSA) is 24.5 Å². The van der Waals surface area contributed by atoms with Gasteiger partial charge in [-0.25, -0.2) is 0 Å². The van der Waals surface area contributed by atoms with E-state index in [2.05, 4.69) is 28.8 Å². The van der Waals surface area contributed by atoms with Crippen molar-refractivity contribution in [3.63, 3.8) is 0 Å². The molecule has 0 saturated carbocycles. The number of halogens is 4. The maximum atomic E-state index is 12.4. The molecule has 1 saturated heterocycles. The zero-order valence-electron chi connectivity index (χ0n) is 14.0. The molecule has 1 aromatic rings. The SMILES string of the molecule is CC(C)CC[C@H](c1ccc(OC(F)(F)F)c(Cl)c1)N1CCNCC1. The summed E-state index contributed by atoms with van der Waals surface area (Å²) in [6.45, 7) is 8.01. The lowest BCUT2D eigenvalue weighted by Gasteiger charge is -2.36. The minimum Gasteiger partial charge on any atom is -0.404 e. The van der Waals surface area contributed by atoms with E-state index in [9.17, 15) is 13.2 Å². The third-order valence-electron chi connectivity index (χ3n) is 4.18. The van der Waals surface area contributed by atoms with Crippen molar-refractivity contribution in [2.24, 2.45) is 5.92 Å². The highest BCUT2D eigenvalue weighted by molar-refractivity contribution is 6.32. The molecule has 24 heavy (non-hydrogen) atoms. The molecule has 1 aliphatic heterocycles. The molecule has 136 valence electrons. The van der Waals surface area contributed by atoms with Gasteiger partial charge < -0.3 is 10.1 Å². The first-order chi connectivity index (χ1) is 11.3. The van der Waals surface area contributed by atoms with Crippen molar-refractivity contribution in [2.45, 2.75) is 39.1 Å². The fraction of sp³-hybridized carbons (Fsp3) is 0.647. The van der Waals surface area contributed by atoms with Gasteiger partial charge in [-0.05, 0) is 36.5 Å². The fourth-order valence-corrected chi connectivity index (χ4v) is 3.20. The molecule has 0 aromatic heterocycles. The van der Waals surface area contributed by atoms with Gasteiger partial charge in [-0.15, -0.1) is 13.2 Å². The number of benzene rings is 1. The van der Waals surface area contributed by atoms with Crippen molar-refractivity contribution >= 4 is 11.6 Å². The van der Waals surface area contributed by atoms with Crippen LogP contribution in [0, 0.1) is 5.92 Å². The van der Waals surface area contributed by atoms with Crippen LogP contribution in [-0.4, -0.2) is 37.4 Å². The van der Waals surface area contributed by atoms with Gasteiger partial charge in [-0.3, -0.25) is 4.90 Å². The molecule has 0 unspecified atom stereocenters. The Morgan fingerprint density at radius 2 is 1.88 bits per heavy atom. The Bertz CT molecular complexity index is 531. The molecular weight excluding hydrogens is 341 g/mol. The van der Waals surface area contributed by atoms with Crippen molar-refractivity contribution in [1.29, 1.82) is 0 Å². The van der Waals surface area contributed by atoms with Gasteiger partial charge in [0.25, 0.3) is 0 Å². The van der Waals surface area contributed by atoms with E-state index in [4.69, 9.17) is 11.6 Å². The van der Waals surface area contributed by atoms with Crippen molar-refractivity contribution in [1.82, 2.24) is 10.2 Å².